The lowest BCUT2D eigenvalue weighted by Crippen LogP contribution is -2.61. The predicted molar refractivity (Wildman–Crippen MR) is 55.6 cm³/mol. The van der Waals surface area contributed by atoms with Crippen LogP contribution in [-0.2, 0) is 0 Å². The maximum absolute atomic E-state index is 5.82. The van der Waals surface area contributed by atoms with Crippen LogP contribution in [0.2, 0.25) is 0 Å². The molecule has 0 radical (unpaired) electrons. The second-order valence-corrected chi connectivity index (χ2v) is 4.73. The van der Waals surface area contributed by atoms with E-state index in [1.807, 2.05) is 0 Å². The van der Waals surface area contributed by atoms with Crippen molar-refractivity contribution >= 4 is 0 Å². The highest BCUT2D eigenvalue weighted by atomic mass is 15.2. The number of rotatable bonds is 2. The molecule has 13 heavy (non-hydrogen) atoms. The van der Waals surface area contributed by atoms with Crippen molar-refractivity contribution in [2.24, 2.45) is 11.7 Å². The molecule has 0 bridgehead atoms. The van der Waals surface area contributed by atoms with Crippen molar-refractivity contribution in [3.63, 3.8) is 0 Å². The van der Waals surface area contributed by atoms with E-state index in [1.54, 1.807) is 0 Å². The summed E-state index contributed by atoms with van der Waals surface area (Å²) in [7, 11) is 0. The average molecular weight is 182 g/mol. The molecular weight excluding hydrogens is 160 g/mol. The quantitative estimate of drug-likeness (QED) is 0.703. The summed E-state index contributed by atoms with van der Waals surface area (Å²) in [5.41, 5.74) is 5.82. The molecule has 2 atom stereocenters. The molecule has 2 N–H and O–H groups in total. The third-order valence-corrected chi connectivity index (χ3v) is 3.80. The summed E-state index contributed by atoms with van der Waals surface area (Å²) in [6.07, 6.45) is 7.12. The minimum Gasteiger partial charge on any atom is -0.325 e. The van der Waals surface area contributed by atoms with Crippen LogP contribution >= 0.6 is 0 Å². The normalized spacial score (nSPS) is 37.4. The molecule has 2 rings (SSSR count). The van der Waals surface area contributed by atoms with E-state index in [0.717, 1.165) is 25.0 Å². The minimum atomic E-state index is 0.472. The van der Waals surface area contributed by atoms with Crippen LogP contribution < -0.4 is 5.73 Å². The number of nitrogens with two attached hydrogens (primary N) is 1. The van der Waals surface area contributed by atoms with Crippen molar-refractivity contribution < 1.29 is 0 Å². The van der Waals surface area contributed by atoms with E-state index < -0.39 is 0 Å². The van der Waals surface area contributed by atoms with Gasteiger partial charge in [-0.2, -0.15) is 0 Å². The molecule has 2 fully saturated rings. The monoisotopic (exact) mass is 182 g/mol. The highest BCUT2D eigenvalue weighted by Gasteiger charge is 2.34. The largest absolute Gasteiger partial charge is 0.325 e. The zero-order valence-corrected chi connectivity index (χ0v) is 8.71. The third-order valence-electron chi connectivity index (χ3n) is 3.80. The van der Waals surface area contributed by atoms with Crippen LogP contribution in [0.1, 0.15) is 39.0 Å². The Morgan fingerprint density at radius 1 is 1.23 bits per heavy atom. The van der Waals surface area contributed by atoms with Crippen molar-refractivity contribution in [2.75, 3.05) is 13.1 Å². The lowest BCUT2D eigenvalue weighted by molar-refractivity contribution is 0.0351. The number of hydrogen-bond donors (Lipinski definition) is 1. The van der Waals surface area contributed by atoms with Crippen molar-refractivity contribution in [2.45, 2.75) is 51.1 Å². The number of likely N-dealkylation sites (tertiary alicyclic amines) is 1. The van der Waals surface area contributed by atoms with Gasteiger partial charge < -0.3 is 5.73 Å². The zero-order chi connectivity index (χ0) is 9.26. The van der Waals surface area contributed by atoms with Gasteiger partial charge >= 0.3 is 0 Å². The number of nitrogens with zero attached hydrogens (tertiary/aromatic N) is 1. The summed E-state index contributed by atoms with van der Waals surface area (Å²) in [5.74, 6) is 0.959. The first kappa shape index (κ1) is 9.47. The first-order chi connectivity index (χ1) is 6.31. The molecule has 0 aromatic heterocycles. The molecular formula is C11H22N2. The third kappa shape index (κ3) is 1.89. The molecule has 2 aliphatic rings. The molecule has 2 unspecified atom stereocenters. The highest BCUT2D eigenvalue weighted by molar-refractivity contribution is 4.92. The van der Waals surface area contributed by atoms with Gasteiger partial charge in [-0.05, 0) is 18.8 Å². The second kappa shape index (κ2) is 3.97. The fraction of sp³-hybridized carbons (Fsp3) is 1.00. The Balaban J connectivity index is 1.87. The standard InChI is InChI=1S/C11H22N2/c1-2-9-5-3-4-6-11(9)13-7-10(12)8-13/h9-11H,2-8,12H2,1H3. The topological polar surface area (TPSA) is 29.3 Å². The SMILES string of the molecule is CCC1CCCCC1N1CC(N)C1. The Labute approximate surface area is 81.5 Å². The molecule has 0 aromatic rings. The van der Waals surface area contributed by atoms with Gasteiger partial charge in [0.25, 0.3) is 0 Å². The van der Waals surface area contributed by atoms with Crippen LogP contribution in [-0.4, -0.2) is 30.1 Å². The fourth-order valence-corrected chi connectivity index (χ4v) is 2.96. The molecule has 1 aliphatic carbocycles. The van der Waals surface area contributed by atoms with Gasteiger partial charge in [-0.25, -0.2) is 0 Å². The van der Waals surface area contributed by atoms with Crippen LogP contribution in [0.15, 0.2) is 0 Å². The van der Waals surface area contributed by atoms with E-state index in [2.05, 4.69) is 11.8 Å². The van der Waals surface area contributed by atoms with Crippen LogP contribution in [0.4, 0.5) is 0 Å². The molecule has 0 spiro atoms. The van der Waals surface area contributed by atoms with Crippen molar-refractivity contribution in [1.82, 2.24) is 4.90 Å². The van der Waals surface area contributed by atoms with Crippen molar-refractivity contribution in [3.8, 4) is 0 Å². The molecule has 0 amide bonds. The van der Waals surface area contributed by atoms with Gasteiger partial charge in [-0.3, -0.25) is 4.90 Å². The second-order valence-electron chi connectivity index (χ2n) is 4.73. The zero-order valence-electron chi connectivity index (χ0n) is 8.71. The summed E-state index contributed by atoms with van der Waals surface area (Å²) >= 11 is 0. The van der Waals surface area contributed by atoms with Crippen LogP contribution in [0.5, 0.6) is 0 Å². The van der Waals surface area contributed by atoms with Gasteiger partial charge in [-0.15, -0.1) is 0 Å². The van der Waals surface area contributed by atoms with E-state index in [0.29, 0.717) is 6.04 Å². The van der Waals surface area contributed by atoms with Crippen molar-refractivity contribution in [3.05, 3.63) is 0 Å². The first-order valence-corrected chi connectivity index (χ1v) is 5.81. The summed E-state index contributed by atoms with van der Waals surface area (Å²) in [6, 6.07) is 1.35. The first-order valence-electron chi connectivity index (χ1n) is 5.81. The van der Waals surface area contributed by atoms with Gasteiger partial charge in [0, 0.05) is 25.2 Å². The lowest BCUT2D eigenvalue weighted by Gasteiger charge is -2.47. The molecule has 1 saturated heterocycles. The van der Waals surface area contributed by atoms with E-state index in [-0.39, 0.29) is 0 Å². The molecule has 76 valence electrons. The summed E-state index contributed by atoms with van der Waals surface area (Å²) in [4.78, 5) is 2.61. The van der Waals surface area contributed by atoms with E-state index in [1.165, 1.54) is 32.1 Å². The Hall–Kier alpha value is -0.0800. The van der Waals surface area contributed by atoms with Crippen LogP contribution in [0.25, 0.3) is 0 Å². The predicted octanol–water partition coefficient (Wildman–Crippen LogP) is 1.60. The Morgan fingerprint density at radius 2 is 1.92 bits per heavy atom. The van der Waals surface area contributed by atoms with E-state index >= 15 is 0 Å². The molecule has 2 nitrogen and oxygen atoms in total. The van der Waals surface area contributed by atoms with E-state index in [9.17, 15) is 0 Å². The maximum atomic E-state index is 5.82. The van der Waals surface area contributed by atoms with Gasteiger partial charge in [0.15, 0.2) is 0 Å². The highest BCUT2D eigenvalue weighted by Crippen LogP contribution is 2.32. The summed E-state index contributed by atoms with van der Waals surface area (Å²) in [6.45, 7) is 4.64. The summed E-state index contributed by atoms with van der Waals surface area (Å²) in [5, 5.41) is 0. The fourth-order valence-electron chi connectivity index (χ4n) is 2.96. The van der Waals surface area contributed by atoms with Crippen molar-refractivity contribution in [1.29, 1.82) is 0 Å². The smallest absolute Gasteiger partial charge is 0.0297 e. The van der Waals surface area contributed by atoms with Gasteiger partial charge in [0.2, 0.25) is 0 Å². The van der Waals surface area contributed by atoms with Gasteiger partial charge in [-0.1, -0.05) is 26.2 Å². The molecule has 1 saturated carbocycles. The maximum Gasteiger partial charge on any atom is 0.0297 e. The van der Waals surface area contributed by atoms with Crippen LogP contribution in [0, 0.1) is 5.92 Å². The molecule has 0 aromatic carbocycles. The van der Waals surface area contributed by atoms with Gasteiger partial charge in [0.1, 0.15) is 0 Å². The molecule has 1 heterocycles. The van der Waals surface area contributed by atoms with E-state index in [4.69, 9.17) is 5.73 Å². The Morgan fingerprint density at radius 3 is 2.54 bits per heavy atom. The molecule has 1 aliphatic heterocycles. The average Bonchev–Trinajstić information content (AvgIpc) is 2.13. The molecule has 2 heteroatoms. The van der Waals surface area contributed by atoms with Crippen LogP contribution in [0.3, 0.4) is 0 Å². The minimum absolute atomic E-state index is 0.472. The lowest BCUT2D eigenvalue weighted by atomic mass is 9.80. The number of hydrogen-bond acceptors (Lipinski definition) is 2. The Kier molecular flexibility index (Phi) is 2.89. The Bertz CT molecular complexity index is 163. The van der Waals surface area contributed by atoms with Gasteiger partial charge in [0.05, 0.1) is 0 Å². The summed E-state index contributed by atoms with van der Waals surface area (Å²) < 4.78 is 0.